The van der Waals surface area contributed by atoms with Crippen LogP contribution in [0.1, 0.15) is 25.3 Å². The van der Waals surface area contributed by atoms with Crippen LogP contribution < -0.4 is 0 Å². The van der Waals surface area contributed by atoms with Crippen molar-refractivity contribution in [1.29, 1.82) is 0 Å². The van der Waals surface area contributed by atoms with Crippen LogP contribution in [0.15, 0.2) is 60.8 Å². The highest BCUT2D eigenvalue weighted by atomic mass is 16.3. The Bertz CT molecular complexity index is 1250. The highest BCUT2D eigenvalue weighted by Gasteiger charge is 2.13. The minimum Gasteiger partial charge on any atom is -0.507 e. The normalized spacial score (nSPS) is 11.7. The van der Waals surface area contributed by atoms with Gasteiger partial charge in [-0.2, -0.15) is 5.10 Å². The van der Waals surface area contributed by atoms with Crippen LogP contribution in [0.4, 0.5) is 0 Å². The predicted molar refractivity (Wildman–Crippen MR) is 112 cm³/mol. The summed E-state index contributed by atoms with van der Waals surface area (Å²) in [5.41, 5.74) is 6.76. The maximum Gasteiger partial charge on any atom is 0.142 e. The number of aromatic hydroxyl groups is 1. The molecule has 5 nitrogen and oxygen atoms in total. The minimum absolute atomic E-state index is 0.201. The number of aromatic amines is 2. The Morgan fingerprint density at radius 3 is 2.46 bits per heavy atom. The second kappa shape index (κ2) is 6.23. The molecule has 0 atom stereocenters. The molecule has 28 heavy (non-hydrogen) atoms. The standard InChI is InChI=1S/C23H20N4O/c1-13(2)14-3-5-15(6-4-14)16-7-8-22(28)18(9-16)23-25-20-10-17-12-24-27-19(17)11-21(20)26-23/h3-13,28H,1-2H3,(H,24,27)(H,25,26). The lowest BCUT2D eigenvalue weighted by Gasteiger charge is -2.09. The summed E-state index contributed by atoms with van der Waals surface area (Å²) in [7, 11) is 0. The number of phenolic OH excluding ortho intramolecular Hbond substituents is 1. The molecule has 3 N–H and O–H groups in total. The van der Waals surface area contributed by atoms with E-state index in [1.165, 1.54) is 5.56 Å². The third kappa shape index (κ3) is 2.72. The maximum atomic E-state index is 10.4. The number of nitrogens with zero attached hydrogens (tertiary/aromatic N) is 2. The summed E-state index contributed by atoms with van der Waals surface area (Å²) in [6.45, 7) is 4.37. The highest BCUT2D eigenvalue weighted by molar-refractivity contribution is 5.94. The molecule has 0 saturated carbocycles. The minimum atomic E-state index is 0.201. The number of aromatic nitrogens is 4. The summed E-state index contributed by atoms with van der Waals surface area (Å²) in [6, 6.07) is 18.1. The molecule has 2 aromatic heterocycles. The summed E-state index contributed by atoms with van der Waals surface area (Å²) in [6.07, 6.45) is 1.85. The molecule has 0 saturated heterocycles. The van der Waals surface area contributed by atoms with Gasteiger partial charge in [0, 0.05) is 11.6 Å². The molecular formula is C23H20N4O. The Kier molecular flexibility index (Phi) is 3.69. The lowest BCUT2D eigenvalue weighted by molar-refractivity contribution is 0.477. The van der Waals surface area contributed by atoms with Crippen molar-refractivity contribution in [2.45, 2.75) is 19.8 Å². The average Bonchev–Trinajstić information content (AvgIpc) is 3.32. The first kappa shape index (κ1) is 16.6. The van der Waals surface area contributed by atoms with E-state index < -0.39 is 0 Å². The molecule has 0 bridgehead atoms. The van der Waals surface area contributed by atoms with Crippen LogP contribution in [-0.4, -0.2) is 25.3 Å². The van der Waals surface area contributed by atoms with Gasteiger partial charge in [0.1, 0.15) is 11.6 Å². The SMILES string of the molecule is CC(C)c1ccc(-c2ccc(O)c(-c3nc4cc5c[nH]nc5cc4[nH]3)c2)cc1. The van der Waals surface area contributed by atoms with E-state index in [2.05, 4.69) is 58.3 Å². The van der Waals surface area contributed by atoms with Crippen LogP contribution in [0.25, 0.3) is 44.5 Å². The molecule has 0 spiro atoms. The van der Waals surface area contributed by atoms with Crippen molar-refractivity contribution in [3.8, 4) is 28.3 Å². The van der Waals surface area contributed by atoms with E-state index in [0.29, 0.717) is 17.3 Å². The number of hydrogen-bond acceptors (Lipinski definition) is 3. The molecule has 0 aliphatic rings. The second-order valence-electron chi connectivity index (χ2n) is 7.41. The molecule has 3 aromatic carbocycles. The molecule has 0 unspecified atom stereocenters. The van der Waals surface area contributed by atoms with Gasteiger partial charge in [0.05, 0.1) is 22.1 Å². The fourth-order valence-corrected chi connectivity index (χ4v) is 3.54. The molecule has 0 aliphatic carbocycles. The molecule has 0 fully saturated rings. The third-order valence-electron chi connectivity index (χ3n) is 5.20. The number of H-pyrrole nitrogens is 2. The van der Waals surface area contributed by atoms with E-state index in [0.717, 1.165) is 33.1 Å². The van der Waals surface area contributed by atoms with Crippen molar-refractivity contribution >= 4 is 21.9 Å². The number of hydrogen-bond donors (Lipinski definition) is 3. The molecule has 2 heterocycles. The molecule has 0 radical (unpaired) electrons. The van der Waals surface area contributed by atoms with E-state index >= 15 is 0 Å². The van der Waals surface area contributed by atoms with Gasteiger partial charge in [0.2, 0.25) is 0 Å². The average molecular weight is 368 g/mol. The summed E-state index contributed by atoms with van der Waals surface area (Å²) < 4.78 is 0. The van der Waals surface area contributed by atoms with Crippen LogP contribution in [0.5, 0.6) is 5.75 Å². The monoisotopic (exact) mass is 368 g/mol. The fraction of sp³-hybridized carbons (Fsp3) is 0.130. The van der Waals surface area contributed by atoms with Crippen LogP contribution in [-0.2, 0) is 0 Å². The summed E-state index contributed by atoms with van der Waals surface area (Å²) in [5.74, 6) is 1.35. The zero-order valence-corrected chi connectivity index (χ0v) is 15.7. The third-order valence-corrected chi connectivity index (χ3v) is 5.20. The maximum absolute atomic E-state index is 10.4. The smallest absolute Gasteiger partial charge is 0.142 e. The summed E-state index contributed by atoms with van der Waals surface area (Å²) in [4.78, 5) is 8.00. The second-order valence-corrected chi connectivity index (χ2v) is 7.41. The van der Waals surface area contributed by atoms with Gasteiger partial charge in [-0.15, -0.1) is 0 Å². The van der Waals surface area contributed by atoms with Gasteiger partial charge in [0.15, 0.2) is 0 Å². The molecule has 0 amide bonds. The fourth-order valence-electron chi connectivity index (χ4n) is 3.54. The topological polar surface area (TPSA) is 77.6 Å². The molecule has 5 heteroatoms. The molecule has 5 rings (SSSR count). The lowest BCUT2D eigenvalue weighted by Crippen LogP contribution is -1.88. The summed E-state index contributed by atoms with van der Waals surface area (Å²) in [5, 5.41) is 18.5. The zero-order chi connectivity index (χ0) is 19.3. The van der Waals surface area contributed by atoms with Crippen LogP contribution in [0.3, 0.4) is 0 Å². The van der Waals surface area contributed by atoms with Crippen molar-refractivity contribution in [3.63, 3.8) is 0 Å². The lowest BCUT2D eigenvalue weighted by atomic mass is 9.97. The molecule has 138 valence electrons. The van der Waals surface area contributed by atoms with Crippen LogP contribution >= 0.6 is 0 Å². The highest BCUT2D eigenvalue weighted by Crippen LogP contribution is 2.34. The Morgan fingerprint density at radius 2 is 1.68 bits per heavy atom. The number of nitrogens with one attached hydrogen (secondary N) is 2. The van der Waals surface area contributed by atoms with Crippen LogP contribution in [0, 0.1) is 0 Å². The Hall–Kier alpha value is -3.60. The van der Waals surface area contributed by atoms with Crippen LogP contribution in [0.2, 0.25) is 0 Å². The van der Waals surface area contributed by atoms with Crippen molar-refractivity contribution in [1.82, 2.24) is 20.2 Å². The van der Waals surface area contributed by atoms with Crippen molar-refractivity contribution < 1.29 is 5.11 Å². The van der Waals surface area contributed by atoms with Gasteiger partial charge in [-0.1, -0.05) is 44.2 Å². The zero-order valence-electron chi connectivity index (χ0n) is 15.7. The number of rotatable bonds is 3. The van der Waals surface area contributed by atoms with Crippen molar-refractivity contribution in [2.75, 3.05) is 0 Å². The largest absolute Gasteiger partial charge is 0.507 e. The number of fused-ring (bicyclic) bond motifs is 2. The van der Waals surface area contributed by atoms with E-state index in [1.54, 1.807) is 6.07 Å². The number of benzene rings is 3. The van der Waals surface area contributed by atoms with Crippen molar-refractivity contribution in [2.24, 2.45) is 0 Å². The van der Waals surface area contributed by atoms with Crippen molar-refractivity contribution in [3.05, 3.63) is 66.4 Å². The Morgan fingerprint density at radius 1 is 0.893 bits per heavy atom. The first-order valence-corrected chi connectivity index (χ1v) is 9.35. The Balaban J connectivity index is 1.59. The van der Waals surface area contributed by atoms with E-state index in [9.17, 15) is 5.11 Å². The first-order chi connectivity index (χ1) is 13.6. The quantitative estimate of drug-likeness (QED) is 0.388. The first-order valence-electron chi connectivity index (χ1n) is 9.35. The Labute approximate surface area is 162 Å². The summed E-state index contributed by atoms with van der Waals surface area (Å²) >= 11 is 0. The van der Waals surface area contributed by atoms with Gasteiger partial charge in [0.25, 0.3) is 0 Å². The molecule has 5 aromatic rings. The number of phenols is 1. The van der Waals surface area contributed by atoms with Gasteiger partial charge in [-0.05, 0) is 46.9 Å². The molecular weight excluding hydrogens is 348 g/mol. The van der Waals surface area contributed by atoms with Gasteiger partial charge in [-0.25, -0.2) is 4.98 Å². The van der Waals surface area contributed by atoms with Gasteiger partial charge < -0.3 is 10.1 Å². The molecule has 0 aliphatic heterocycles. The number of imidazole rings is 1. The van der Waals surface area contributed by atoms with E-state index in [4.69, 9.17) is 0 Å². The van der Waals surface area contributed by atoms with Gasteiger partial charge in [-0.3, -0.25) is 5.10 Å². The van der Waals surface area contributed by atoms with E-state index in [1.807, 2.05) is 30.5 Å². The predicted octanol–water partition coefficient (Wildman–Crippen LogP) is 5.60. The van der Waals surface area contributed by atoms with E-state index in [-0.39, 0.29) is 5.75 Å². The van der Waals surface area contributed by atoms with Gasteiger partial charge >= 0.3 is 0 Å².